The number of rotatable bonds is 37. The van der Waals surface area contributed by atoms with E-state index in [0.717, 1.165) is 25.7 Å². The summed E-state index contributed by atoms with van der Waals surface area (Å²) < 4.78 is 0. The Kier molecular flexibility index (Phi) is 35.7. The number of nitrogens with one attached hydrogen (secondary N) is 1. The van der Waals surface area contributed by atoms with E-state index in [2.05, 4.69) is 19.2 Å². The molecule has 0 saturated carbocycles. The summed E-state index contributed by atoms with van der Waals surface area (Å²) in [6.45, 7) is 4.27. The Balaban J connectivity index is 3.61. The number of amides is 1. The fourth-order valence-corrected chi connectivity index (χ4v) is 6.52. The zero-order valence-corrected chi connectivity index (χ0v) is 30.5. The number of carbonyl (C=O) groups excluding carboxylic acids is 1. The van der Waals surface area contributed by atoms with Crippen LogP contribution in [0.4, 0.5) is 0 Å². The first-order valence-corrected chi connectivity index (χ1v) is 20.3. The molecule has 0 aliphatic carbocycles. The van der Waals surface area contributed by atoms with Gasteiger partial charge in [-0.2, -0.15) is 0 Å². The van der Waals surface area contributed by atoms with Crippen LogP contribution in [0.5, 0.6) is 0 Å². The van der Waals surface area contributed by atoms with E-state index in [1.807, 2.05) is 0 Å². The van der Waals surface area contributed by atoms with Crippen LogP contribution in [-0.4, -0.2) is 46.1 Å². The lowest BCUT2D eigenvalue weighted by Gasteiger charge is -2.23. The van der Waals surface area contributed by atoms with Crippen LogP contribution in [0, 0.1) is 0 Å². The number of unbranched alkanes of at least 4 members (excludes halogenated alkanes) is 28. The van der Waals surface area contributed by atoms with Gasteiger partial charge in [0.15, 0.2) is 0 Å². The lowest BCUT2D eigenvalue weighted by Crippen LogP contribution is -2.46. The summed E-state index contributed by atoms with van der Waals surface area (Å²) >= 11 is 0. The van der Waals surface area contributed by atoms with Gasteiger partial charge in [-0.3, -0.25) is 4.79 Å². The standard InChI is InChI=1S/C40H81NO4/c1-3-5-7-9-11-13-15-17-19-20-22-24-26-28-30-32-34-39(44)38(36-42)41-40(45)35-37(43)33-31-29-27-25-23-21-18-16-14-12-10-8-6-4-2/h37-39,42-44H,3-36H2,1-2H3,(H,41,45). The molecule has 1 amide bonds. The summed E-state index contributed by atoms with van der Waals surface area (Å²) in [5, 5.41) is 33.3. The van der Waals surface area contributed by atoms with Gasteiger partial charge in [0.1, 0.15) is 0 Å². The fraction of sp³-hybridized carbons (Fsp3) is 0.975. The predicted molar refractivity (Wildman–Crippen MR) is 195 cm³/mol. The van der Waals surface area contributed by atoms with Gasteiger partial charge in [-0.25, -0.2) is 0 Å². The molecule has 0 fully saturated rings. The van der Waals surface area contributed by atoms with Gasteiger partial charge < -0.3 is 20.6 Å². The molecule has 0 bridgehead atoms. The molecule has 0 aliphatic rings. The van der Waals surface area contributed by atoms with Crippen molar-refractivity contribution in [2.75, 3.05) is 6.61 Å². The van der Waals surface area contributed by atoms with Gasteiger partial charge in [-0.05, 0) is 12.8 Å². The molecule has 0 aliphatic heterocycles. The highest BCUT2D eigenvalue weighted by Crippen LogP contribution is 2.16. The highest BCUT2D eigenvalue weighted by atomic mass is 16.3. The minimum Gasteiger partial charge on any atom is -0.394 e. The second kappa shape index (κ2) is 36.2. The normalized spacial score (nSPS) is 13.6. The van der Waals surface area contributed by atoms with Crippen molar-refractivity contribution in [3.63, 3.8) is 0 Å². The van der Waals surface area contributed by atoms with E-state index in [1.165, 1.54) is 167 Å². The molecule has 3 atom stereocenters. The Morgan fingerprint density at radius 1 is 0.467 bits per heavy atom. The molecule has 0 rings (SSSR count). The molecule has 4 N–H and O–H groups in total. The van der Waals surface area contributed by atoms with E-state index >= 15 is 0 Å². The average Bonchev–Trinajstić information content (AvgIpc) is 3.03. The minimum atomic E-state index is -0.742. The monoisotopic (exact) mass is 640 g/mol. The van der Waals surface area contributed by atoms with E-state index in [1.54, 1.807) is 0 Å². The van der Waals surface area contributed by atoms with Gasteiger partial charge in [0, 0.05) is 0 Å². The number of carbonyl (C=O) groups is 1. The van der Waals surface area contributed by atoms with Gasteiger partial charge in [0.2, 0.25) is 5.91 Å². The van der Waals surface area contributed by atoms with Crippen molar-refractivity contribution < 1.29 is 20.1 Å². The summed E-state index contributed by atoms with van der Waals surface area (Å²) in [5.41, 5.74) is 0. The zero-order valence-electron chi connectivity index (χ0n) is 30.5. The molecule has 0 spiro atoms. The van der Waals surface area contributed by atoms with Crippen LogP contribution < -0.4 is 5.32 Å². The summed E-state index contributed by atoms with van der Waals surface area (Å²) in [4.78, 5) is 12.4. The Hall–Kier alpha value is -0.650. The smallest absolute Gasteiger partial charge is 0.222 e. The second-order valence-electron chi connectivity index (χ2n) is 14.3. The summed E-state index contributed by atoms with van der Waals surface area (Å²) in [5.74, 6) is -0.280. The Morgan fingerprint density at radius 3 is 1.07 bits per heavy atom. The summed E-state index contributed by atoms with van der Waals surface area (Å²) in [6.07, 6.45) is 39.1. The number of hydrogen-bond acceptors (Lipinski definition) is 4. The van der Waals surface area contributed by atoms with Crippen molar-refractivity contribution in [2.24, 2.45) is 0 Å². The molecule has 5 nitrogen and oxygen atoms in total. The van der Waals surface area contributed by atoms with Crippen LogP contribution in [0.2, 0.25) is 0 Å². The van der Waals surface area contributed by atoms with Crippen LogP contribution in [-0.2, 0) is 4.79 Å². The molecule has 0 heterocycles. The third-order valence-electron chi connectivity index (χ3n) is 9.67. The number of hydrogen-bond donors (Lipinski definition) is 4. The quantitative estimate of drug-likeness (QED) is 0.0509. The van der Waals surface area contributed by atoms with Crippen molar-refractivity contribution in [1.82, 2.24) is 5.32 Å². The summed E-state index contributed by atoms with van der Waals surface area (Å²) in [7, 11) is 0. The highest BCUT2D eigenvalue weighted by molar-refractivity contribution is 5.76. The van der Waals surface area contributed by atoms with E-state index in [4.69, 9.17) is 0 Å². The van der Waals surface area contributed by atoms with Crippen molar-refractivity contribution in [1.29, 1.82) is 0 Å². The molecule has 0 aromatic heterocycles. The van der Waals surface area contributed by atoms with Crippen LogP contribution in [0.25, 0.3) is 0 Å². The van der Waals surface area contributed by atoms with Crippen molar-refractivity contribution in [2.45, 2.75) is 244 Å². The van der Waals surface area contributed by atoms with Gasteiger partial charge in [-0.1, -0.05) is 206 Å². The van der Waals surface area contributed by atoms with Crippen LogP contribution in [0.15, 0.2) is 0 Å². The van der Waals surface area contributed by atoms with Crippen LogP contribution in [0.1, 0.15) is 226 Å². The molecule has 0 aromatic carbocycles. The molecular weight excluding hydrogens is 558 g/mol. The van der Waals surface area contributed by atoms with E-state index < -0.39 is 18.2 Å². The lowest BCUT2D eigenvalue weighted by molar-refractivity contribution is -0.125. The van der Waals surface area contributed by atoms with Crippen LogP contribution in [0.3, 0.4) is 0 Å². The van der Waals surface area contributed by atoms with Crippen molar-refractivity contribution in [3.8, 4) is 0 Å². The Labute approximate surface area is 281 Å². The second-order valence-corrected chi connectivity index (χ2v) is 14.3. The molecule has 0 aromatic rings. The van der Waals surface area contributed by atoms with Crippen molar-refractivity contribution in [3.05, 3.63) is 0 Å². The molecule has 3 unspecified atom stereocenters. The Bertz CT molecular complexity index is 587. The first-order chi connectivity index (χ1) is 22.0. The van der Waals surface area contributed by atoms with Gasteiger partial charge >= 0.3 is 0 Å². The van der Waals surface area contributed by atoms with Gasteiger partial charge in [0.05, 0.1) is 31.3 Å². The molecule has 0 radical (unpaired) electrons. The maximum absolute atomic E-state index is 12.4. The third-order valence-corrected chi connectivity index (χ3v) is 9.67. The number of aliphatic hydroxyl groups excluding tert-OH is 3. The first kappa shape index (κ1) is 44.4. The zero-order chi connectivity index (χ0) is 33.1. The first-order valence-electron chi connectivity index (χ1n) is 20.3. The molecule has 270 valence electrons. The number of aliphatic hydroxyl groups is 3. The fourth-order valence-electron chi connectivity index (χ4n) is 6.52. The molecular formula is C40H81NO4. The largest absolute Gasteiger partial charge is 0.394 e. The van der Waals surface area contributed by atoms with Gasteiger partial charge in [0.25, 0.3) is 0 Å². The van der Waals surface area contributed by atoms with Crippen molar-refractivity contribution >= 4 is 5.91 Å². The van der Waals surface area contributed by atoms with E-state index in [-0.39, 0.29) is 18.9 Å². The average molecular weight is 640 g/mol. The summed E-state index contributed by atoms with van der Waals surface area (Å²) in [6, 6.07) is -0.651. The molecule has 5 heteroatoms. The minimum absolute atomic E-state index is 0.0424. The van der Waals surface area contributed by atoms with Gasteiger partial charge in [-0.15, -0.1) is 0 Å². The lowest BCUT2D eigenvalue weighted by atomic mass is 10.0. The maximum Gasteiger partial charge on any atom is 0.222 e. The highest BCUT2D eigenvalue weighted by Gasteiger charge is 2.21. The van der Waals surface area contributed by atoms with E-state index in [9.17, 15) is 20.1 Å². The molecule has 45 heavy (non-hydrogen) atoms. The maximum atomic E-state index is 12.4. The third kappa shape index (κ3) is 33.1. The topological polar surface area (TPSA) is 89.8 Å². The van der Waals surface area contributed by atoms with E-state index in [0.29, 0.717) is 12.8 Å². The SMILES string of the molecule is CCCCCCCCCCCCCCCCCCC(O)C(CO)NC(=O)CC(O)CCCCCCCCCCCCCCCC. The molecule has 0 saturated heterocycles. The predicted octanol–water partition coefficient (Wildman–Crippen LogP) is 11.1. The van der Waals surface area contributed by atoms with Crippen LogP contribution >= 0.6 is 0 Å². The Morgan fingerprint density at radius 2 is 0.756 bits per heavy atom.